The van der Waals surface area contributed by atoms with Crippen molar-refractivity contribution in [3.63, 3.8) is 0 Å². The van der Waals surface area contributed by atoms with Crippen LogP contribution in [0.1, 0.15) is 76.3 Å². The molecule has 5 rings (SSSR count). The number of nitrogens with zero attached hydrogens (tertiary/aromatic N) is 2. The number of aromatic nitrogens is 1. The van der Waals surface area contributed by atoms with E-state index in [4.69, 9.17) is 4.98 Å². The normalized spacial score (nSPS) is 20.4. The zero-order chi connectivity index (χ0) is 25.1. The molecule has 2 fully saturated rings. The topological polar surface area (TPSA) is 62.3 Å². The maximum Gasteiger partial charge on any atom is 0.246 e. The molecule has 2 aromatic carbocycles. The van der Waals surface area contributed by atoms with Crippen LogP contribution >= 0.6 is 11.3 Å². The molecule has 1 aliphatic heterocycles. The van der Waals surface area contributed by atoms with Gasteiger partial charge in [-0.2, -0.15) is 0 Å². The van der Waals surface area contributed by atoms with Gasteiger partial charge in [-0.3, -0.25) is 9.59 Å². The van der Waals surface area contributed by atoms with Gasteiger partial charge in [-0.1, -0.05) is 75.6 Å². The molecule has 2 amide bonds. The molecule has 3 atom stereocenters. The highest BCUT2D eigenvalue weighted by Gasteiger charge is 2.40. The molecule has 190 valence electrons. The van der Waals surface area contributed by atoms with E-state index in [9.17, 15) is 9.59 Å². The lowest BCUT2D eigenvalue weighted by atomic mass is 9.83. The first-order valence-corrected chi connectivity index (χ1v) is 14.5. The summed E-state index contributed by atoms with van der Waals surface area (Å²) in [5.74, 6) is 0.233. The fraction of sp³-hybridized carbons (Fsp3) is 0.500. The number of carbonyl (C=O) groups is 2. The number of carbonyl (C=O) groups excluding carboxylic acids is 2. The molecule has 0 unspecified atom stereocenters. The minimum absolute atomic E-state index is 0.00432. The van der Waals surface area contributed by atoms with Crippen LogP contribution in [0.2, 0.25) is 0 Å². The van der Waals surface area contributed by atoms with Gasteiger partial charge >= 0.3 is 0 Å². The molecule has 5 nitrogen and oxygen atoms in total. The van der Waals surface area contributed by atoms with E-state index in [0.717, 1.165) is 67.8 Å². The third-order valence-electron chi connectivity index (χ3n) is 8.15. The number of thiazole rings is 1. The Morgan fingerprint density at radius 1 is 1.06 bits per heavy atom. The highest BCUT2D eigenvalue weighted by Crippen LogP contribution is 2.38. The Morgan fingerprint density at radius 2 is 1.83 bits per heavy atom. The maximum atomic E-state index is 14.0. The van der Waals surface area contributed by atoms with Crippen molar-refractivity contribution in [2.45, 2.75) is 77.3 Å². The van der Waals surface area contributed by atoms with E-state index in [0.29, 0.717) is 0 Å². The van der Waals surface area contributed by atoms with E-state index in [1.54, 1.807) is 11.3 Å². The number of hydrogen-bond donors (Lipinski definition) is 1. The summed E-state index contributed by atoms with van der Waals surface area (Å²) in [6.07, 6.45) is 8.19. The van der Waals surface area contributed by atoms with Crippen molar-refractivity contribution < 1.29 is 9.59 Å². The van der Waals surface area contributed by atoms with E-state index >= 15 is 0 Å². The minimum Gasteiger partial charge on any atom is -0.344 e. The summed E-state index contributed by atoms with van der Waals surface area (Å²) in [5, 5.41) is 8.71. The molecular weight excluding hydrogens is 466 g/mol. The average molecular weight is 504 g/mol. The summed E-state index contributed by atoms with van der Waals surface area (Å²) < 4.78 is 0. The Hall–Kier alpha value is -2.73. The van der Waals surface area contributed by atoms with Crippen LogP contribution in [0.3, 0.4) is 0 Å². The van der Waals surface area contributed by atoms with Crippen LogP contribution in [0.5, 0.6) is 0 Å². The smallest absolute Gasteiger partial charge is 0.246 e. The van der Waals surface area contributed by atoms with Crippen LogP contribution in [-0.2, 0) is 9.59 Å². The Bertz CT molecular complexity index is 1210. The molecule has 0 spiro atoms. The molecular formula is C30H37N3O2S. The van der Waals surface area contributed by atoms with Gasteiger partial charge in [-0.25, -0.2) is 4.98 Å². The second-order valence-corrected chi connectivity index (χ2v) is 11.4. The van der Waals surface area contributed by atoms with Crippen LogP contribution in [0.15, 0.2) is 47.8 Å². The second-order valence-electron chi connectivity index (χ2n) is 10.5. The molecule has 0 bridgehead atoms. The molecule has 1 saturated heterocycles. The predicted octanol–water partition coefficient (Wildman–Crippen LogP) is 6.74. The van der Waals surface area contributed by atoms with Gasteiger partial charge in [0, 0.05) is 23.4 Å². The maximum absolute atomic E-state index is 14.0. The largest absolute Gasteiger partial charge is 0.344 e. The Labute approximate surface area is 218 Å². The minimum atomic E-state index is -0.426. The first-order valence-electron chi connectivity index (χ1n) is 13.6. The first kappa shape index (κ1) is 24.9. The summed E-state index contributed by atoms with van der Waals surface area (Å²) >= 11 is 1.65. The van der Waals surface area contributed by atoms with Gasteiger partial charge in [0.2, 0.25) is 11.8 Å². The number of fused-ring (bicyclic) bond motifs is 1. The average Bonchev–Trinajstić information content (AvgIpc) is 3.61. The number of nitrogens with one attached hydrogen (secondary N) is 1. The third-order valence-corrected chi connectivity index (χ3v) is 9.10. The van der Waals surface area contributed by atoms with Crippen molar-refractivity contribution in [2.75, 3.05) is 6.54 Å². The Balaban J connectivity index is 1.40. The van der Waals surface area contributed by atoms with Gasteiger partial charge in [0.05, 0.1) is 11.7 Å². The molecule has 2 aliphatic rings. The lowest BCUT2D eigenvalue weighted by Crippen LogP contribution is -2.53. The molecule has 1 aliphatic carbocycles. The fourth-order valence-corrected chi connectivity index (χ4v) is 6.77. The number of amides is 2. The monoisotopic (exact) mass is 503 g/mol. The van der Waals surface area contributed by atoms with Crippen molar-refractivity contribution in [2.24, 2.45) is 11.8 Å². The summed E-state index contributed by atoms with van der Waals surface area (Å²) in [4.78, 5) is 34.0. The Morgan fingerprint density at radius 3 is 2.64 bits per heavy atom. The first-order chi connectivity index (χ1) is 17.6. The number of likely N-dealkylation sites (tertiary alicyclic amines) is 1. The van der Waals surface area contributed by atoms with Crippen LogP contribution < -0.4 is 5.32 Å². The summed E-state index contributed by atoms with van der Waals surface area (Å²) in [7, 11) is 0. The number of benzene rings is 2. The summed E-state index contributed by atoms with van der Waals surface area (Å²) in [5.41, 5.74) is 2.10. The van der Waals surface area contributed by atoms with E-state index in [-0.39, 0.29) is 29.7 Å². The SMILES string of the molecule is CC[C@H](C)C(=O)N[C@@H](C(=O)N1CCC[C@@H]1c1nc(-c2cccc3ccccc23)cs1)C1CCCCC1. The molecule has 1 aromatic heterocycles. The summed E-state index contributed by atoms with van der Waals surface area (Å²) in [6.45, 7) is 4.70. The quantitative estimate of drug-likeness (QED) is 0.388. The van der Waals surface area contributed by atoms with Gasteiger partial charge < -0.3 is 10.2 Å². The number of hydrogen-bond acceptors (Lipinski definition) is 4. The third kappa shape index (κ3) is 5.06. The van der Waals surface area contributed by atoms with E-state index < -0.39 is 6.04 Å². The van der Waals surface area contributed by atoms with Gasteiger partial charge in [-0.15, -0.1) is 11.3 Å². The summed E-state index contributed by atoms with van der Waals surface area (Å²) in [6, 6.07) is 14.3. The Kier molecular flexibility index (Phi) is 7.70. The standard InChI is InChI=1S/C30H37N3O2S/c1-3-20(2)28(34)32-27(22-12-5-4-6-13-22)30(35)33-18-10-17-26(33)29-31-25(19-36-29)24-16-9-14-21-11-7-8-15-23(21)24/h7-9,11,14-16,19-20,22,26-27H,3-6,10,12-13,17-18H2,1-2H3,(H,32,34)/t20-,26+,27+/m0/s1. The van der Waals surface area contributed by atoms with Crippen LogP contribution in [0, 0.1) is 11.8 Å². The number of rotatable bonds is 7. The van der Waals surface area contributed by atoms with Gasteiger partial charge in [0.15, 0.2) is 0 Å². The molecule has 3 aromatic rings. The molecule has 6 heteroatoms. The highest BCUT2D eigenvalue weighted by atomic mass is 32.1. The van der Waals surface area contributed by atoms with Crippen molar-refractivity contribution in [3.05, 3.63) is 52.9 Å². The van der Waals surface area contributed by atoms with Crippen LogP contribution in [-0.4, -0.2) is 34.3 Å². The fourth-order valence-electron chi connectivity index (χ4n) is 5.81. The van der Waals surface area contributed by atoms with Gasteiger partial charge in [0.25, 0.3) is 0 Å². The van der Waals surface area contributed by atoms with Crippen LogP contribution in [0.25, 0.3) is 22.0 Å². The van der Waals surface area contributed by atoms with Crippen LogP contribution in [0.4, 0.5) is 0 Å². The van der Waals surface area contributed by atoms with Gasteiger partial charge in [-0.05, 0) is 48.8 Å². The molecule has 0 radical (unpaired) electrons. The van der Waals surface area contributed by atoms with Gasteiger partial charge in [0.1, 0.15) is 11.0 Å². The van der Waals surface area contributed by atoms with E-state index in [2.05, 4.69) is 53.2 Å². The zero-order valence-corrected chi connectivity index (χ0v) is 22.2. The lowest BCUT2D eigenvalue weighted by molar-refractivity contribution is -0.140. The van der Waals surface area contributed by atoms with Crippen molar-refractivity contribution >= 4 is 33.9 Å². The second kappa shape index (κ2) is 11.1. The van der Waals surface area contributed by atoms with Crippen molar-refractivity contribution in [1.29, 1.82) is 0 Å². The van der Waals surface area contributed by atoms with E-state index in [1.807, 2.05) is 18.7 Å². The van der Waals surface area contributed by atoms with Crippen molar-refractivity contribution in [3.8, 4) is 11.3 Å². The molecule has 1 N–H and O–H groups in total. The van der Waals surface area contributed by atoms with Crippen molar-refractivity contribution in [1.82, 2.24) is 15.2 Å². The molecule has 1 saturated carbocycles. The predicted molar refractivity (Wildman–Crippen MR) is 147 cm³/mol. The molecule has 36 heavy (non-hydrogen) atoms. The molecule has 2 heterocycles. The zero-order valence-electron chi connectivity index (χ0n) is 21.4. The lowest BCUT2D eigenvalue weighted by Gasteiger charge is -2.35. The highest BCUT2D eigenvalue weighted by molar-refractivity contribution is 7.10. The van der Waals surface area contributed by atoms with E-state index in [1.165, 1.54) is 17.2 Å².